The Morgan fingerprint density at radius 1 is 1.04 bits per heavy atom. The molecule has 0 spiro atoms. The third kappa shape index (κ3) is 6.50. The van der Waals surface area contributed by atoms with Gasteiger partial charge in [-0.3, -0.25) is 9.59 Å². The number of carbonyl (C=O) groups excluding carboxylic acids is 2. The summed E-state index contributed by atoms with van der Waals surface area (Å²) in [5.74, 6) is -1.39. The van der Waals surface area contributed by atoms with E-state index in [9.17, 15) is 18.0 Å². The van der Waals surface area contributed by atoms with E-state index in [1.807, 2.05) is 30.3 Å². The maximum Gasteiger partial charge on any atom is 0.321 e. The van der Waals surface area contributed by atoms with Crippen molar-refractivity contribution in [2.24, 2.45) is 0 Å². The first kappa shape index (κ1) is 21.1. The number of carbonyl (C=O) groups is 2. The summed E-state index contributed by atoms with van der Waals surface area (Å²) in [4.78, 5) is 23.1. The molecule has 0 saturated carbocycles. The van der Waals surface area contributed by atoms with E-state index in [2.05, 4.69) is 10.0 Å². The van der Waals surface area contributed by atoms with Gasteiger partial charge in [0.05, 0.1) is 10.5 Å². The van der Waals surface area contributed by atoms with Gasteiger partial charge in [0.15, 0.2) is 6.61 Å². The molecule has 0 aromatic heterocycles. The summed E-state index contributed by atoms with van der Waals surface area (Å²) in [5.41, 5.74) is 1.02. The number of hydrogen-bond acceptors (Lipinski definition) is 6. The van der Waals surface area contributed by atoms with Gasteiger partial charge in [0.1, 0.15) is 12.6 Å². The predicted molar refractivity (Wildman–Crippen MR) is 100 cm³/mol. The highest BCUT2D eigenvalue weighted by atomic mass is 32.2. The van der Waals surface area contributed by atoms with Crippen molar-refractivity contribution in [3.8, 4) is 6.07 Å². The van der Waals surface area contributed by atoms with Crippen LogP contribution in [0.4, 0.5) is 0 Å². The molecule has 0 saturated heterocycles. The molecule has 2 aromatic rings. The van der Waals surface area contributed by atoms with E-state index >= 15 is 0 Å². The molecule has 2 N–H and O–H groups in total. The lowest BCUT2D eigenvalue weighted by atomic mass is 10.1. The zero-order valence-electron chi connectivity index (χ0n) is 14.9. The Hall–Kier alpha value is -3.22. The van der Waals surface area contributed by atoms with Gasteiger partial charge in [-0.15, -0.1) is 0 Å². The Bertz CT molecular complexity index is 969. The molecule has 1 amide bonds. The number of nitrogens with one attached hydrogen (secondary N) is 2. The monoisotopic (exact) mass is 401 g/mol. The van der Waals surface area contributed by atoms with Crippen molar-refractivity contribution < 1.29 is 22.7 Å². The van der Waals surface area contributed by atoms with Gasteiger partial charge in [0, 0.05) is 6.54 Å². The van der Waals surface area contributed by atoms with E-state index in [0.717, 1.165) is 5.56 Å². The highest BCUT2D eigenvalue weighted by Crippen LogP contribution is 2.13. The van der Waals surface area contributed by atoms with Gasteiger partial charge in [-0.2, -0.15) is 9.98 Å². The Labute approximate surface area is 163 Å². The van der Waals surface area contributed by atoms with E-state index < -0.39 is 35.1 Å². The zero-order valence-corrected chi connectivity index (χ0v) is 15.7. The van der Waals surface area contributed by atoms with Crippen molar-refractivity contribution in [3.05, 3.63) is 65.7 Å². The van der Waals surface area contributed by atoms with Gasteiger partial charge in [-0.05, 0) is 24.1 Å². The Morgan fingerprint density at radius 2 is 1.71 bits per heavy atom. The minimum absolute atomic E-state index is 0.0406. The van der Waals surface area contributed by atoms with Crippen LogP contribution < -0.4 is 10.0 Å². The molecule has 0 atom stereocenters. The van der Waals surface area contributed by atoms with Crippen LogP contribution in [0.5, 0.6) is 0 Å². The van der Waals surface area contributed by atoms with Crippen molar-refractivity contribution in [3.63, 3.8) is 0 Å². The Balaban J connectivity index is 1.73. The van der Waals surface area contributed by atoms with Crippen LogP contribution in [0.15, 0.2) is 59.5 Å². The first-order valence-electron chi connectivity index (χ1n) is 8.37. The summed E-state index contributed by atoms with van der Waals surface area (Å²) < 4.78 is 31.2. The number of nitriles is 1. The largest absolute Gasteiger partial charge is 0.455 e. The molecule has 0 aliphatic carbocycles. The number of amides is 1. The fourth-order valence-electron chi connectivity index (χ4n) is 2.26. The van der Waals surface area contributed by atoms with E-state index in [1.54, 1.807) is 6.07 Å². The van der Waals surface area contributed by atoms with Crippen LogP contribution in [0.1, 0.15) is 11.1 Å². The highest BCUT2D eigenvalue weighted by molar-refractivity contribution is 7.89. The van der Waals surface area contributed by atoms with Gasteiger partial charge < -0.3 is 10.1 Å². The molecular formula is C19H19N3O5S. The molecule has 2 rings (SSSR count). The Morgan fingerprint density at radius 3 is 2.43 bits per heavy atom. The van der Waals surface area contributed by atoms with Crippen LogP contribution in [0.25, 0.3) is 0 Å². The summed E-state index contributed by atoms with van der Waals surface area (Å²) in [6.07, 6.45) is 0.638. The van der Waals surface area contributed by atoms with Gasteiger partial charge in [0.25, 0.3) is 5.91 Å². The maximum atomic E-state index is 12.2. The second-order valence-electron chi connectivity index (χ2n) is 5.68. The predicted octanol–water partition coefficient (Wildman–Crippen LogP) is 0.739. The quantitative estimate of drug-likeness (QED) is 0.597. The van der Waals surface area contributed by atoms with Crippen LogP contribution in [0.2, 0.25) is 0 Å². The molecule has 0 bridgehead atoms. The third-order valence-electron chi connectivity index (χ3n) is 3.65. The molecule has 9 heteroatoms. The summed E-state index contributed by atoms with van der Waals surface area (Å²) in [7, 11) is -4.06. The van der Waals surface area contributed by atoms with Crippen molar-refractivity contribution in [2.45, 2.75) is 11.3 Å². The van der Waals surface area contributed by atoms with Crippen molar-refractivity contribution in [1.82, 2.24) is 10.0 Å². The number of esters is 1. The fraction of sp³-hybridized carbons (Fsp3) is 0.211. The number of rotatable bonds is 9. The smallest absolute Gasteiger partial charge is 0.321 e. The molecule has 146 valence electrons. The SMILES string of the molecule is N#Cc1ccccc1S(=O)(=O)NCC(=O)OCC(=O)NCCc1ccccc1. The average molecular weight is 401 g/mol. The number of benzene rings is 2. The van der Waals surface area contributed by atoms with Gasteiger partial charge in [-0.25, -0.2) is 8.42 Å². The average Bonchev–Trinajstić information content (AvgIpc) is 2.71. The van der Waals surface area contributed by atoms with Crippen LogP contribution in [0.3, 0.4) is 0 Å². The van der Waals surface area contributed by atoms with Crippen molar-refractivity contribution >= 4 is 21.9 Å². The summed E-state index contributed by atoms with van der Waals surface area (Å²) >= 11 is 0. The molecule has 0 unspecified atom stereocenters. The van der Waals surface area contributed by atoms with Gasteiger partial charge in [0.2, 0.25) is 10.0 Å². The maximum absolute atomic E-state index is 12.2. The van der Waals surface area contributed by atoms with Crippen LogP contribution in [-0.2, 0) is 30.8 Å². The van der Waals surface area contributed by atoms with E-state index in [-0.39, 0.29) is 10.5 Å². The number of nitrogens with zero attached hydrogens (tertiary/aromatic N) is 1. The van der Waals surface area contributed by atoms with Gasteiger partial charge in [-0.1, -0.05) is 42.5 Å². The summed E-state index contributed by atoms with van der Waals surface area (Å²) in [6, 6.07) is 16.9. The fourth-order valence-corrected chi connectivity index (χ4v) is 3.39. The lowest BCUT2D eigenvalue weighted by molar-refractivity contribution is -0.147. The lowest BCUT2D eigenvalue weighted by Crippen LogP contribution is -2.34. The Kier molecular flexibility index (Phi) is 7.68. The molecule has 2 aromatic carbocycles. The lowest BCUT2D eigenvalue weighted by Gasteiger charge is -2.09. The minimum atomic E-state index is -4.06. The van der Waals surface area contributed by atoms with Crippen LogP contribution >= 0.6 is 0 Å². The molecule has 0 fully saturated rings. The third-order valence-corrected chi connectivity index (χ3v) is 5.11. The summed E-state index contributed by atoms with van der Waals surface area (Å²) in [6.45, 7) is -0.776. The number of ether oxygens (including phenoxy) is 1. The van der Waals surface area contributed by atoms with Gasteiger partial charge >= 0.3 is 5.97 Å². The molecular weight excluding hydrogens is 382 g/mol. The van der Waals surface area contributed by atoms with E-state index in [0.29, 0.717) is 13.0 Å². The first-order chi connectivity index (χ1) is 13.4. The molecule has 8 nitrogen and oxygen atoms in total. The molecule has 0 aliphatic rings. The van der Waals surface area contributed by atoms with Crippen molar-refractivity contribution in [2.75, 3.05) is 19.7 Å². The standard InChI is InChI=1S/C19H19N3O5S/c20-12-16-8-4-5-9-17(16)28(25,26)22-13-19(24)27-14-18(23)21-11-10-15-6-2-1-3-7-15/h1-9,22H,10-11,13-14H2,(H,21,23). The molecule has 0 radical (unpaired) electrons. The second-order valence-corrected chi connectivity index (χ2v) is 7.41. The van der Waals surface area contributed by atoms with Crippen LogP contribution in [0, 0.1) is 11.3 Å². The second kappa shape index (κ2) is 10.2. The van der Waals surface area contributed by atoms with Crippen LogP contribution in [-0.4, -0.2) is 40.0 Å². The van der Waals surface area contributed by atoms with E-state index in [1.165, 1.54) is 24.3 Å². The zero-order chi connectivity index (χ0) is 20.4. The minimum Gasteiger partial charge on any atom is -0.455 e. The topological polar surface area (TPSA) is 125 Å². The molecule has 28 heavy (non-hydrogen) atoms. The molecule has 0 aliphatic heterocycles. The van der Waals surface area contributed by atoms with Crippen molar-refractivity contribution in [1.29, 1.82) is 5.26 Å². The summed E-state index contributed by atoms with van der Waals surface area (Å²) in [5, 5.41) is 11.6. The number of sulfonamides is 1. The molecule has 0 heterocycles. The number of hydrogen-bond donors (Lipinski definition) is 2. The van der Waals surface area contributed by atoms with E-state index in [4.69, 9.17) is 10.00 Å². The normalized spacial score (nSPS) is 10.7. The first-order valence-corrected chi connectivity index (χ1v) is 9.86. The highest BCUT2D eigenvalue weighted by Gasteiger charge is 2.19.